The highest BCUT2D eigenvalue weighted by molar-refractivity contribution is 5.96. The molecule has 2 heterocycles. The zero-order chi connectivity index (χ0) is 22.5. The maximum Gasteiger partial charge on any atom is 0.302 e. The molecule has 0 aliphatic carbocycles. The zero-order valence-electron chi connectivity index (χ0n) is 16.7. The molecule has 2 aromatic heterocycles. The number of anilines is 1. The molecule has 10 heteroatoms. The number of alkyl halides is 2. The van der Waals surface area contributed by atoms with Crippen molar-refractivity contribution in [3.05, 3.63) is 59.2 Å². The van der Waals surface area contributed by atoms with Crippen molar-refractivity contribution in [1.82, 2.24) is 15.3 Å². The number of rotatable bonds is 8. The van der Waals surface area contributed by atoms with Crippen molar-refractivity contribution in [3.63, 3.8) is 0 Å². The molecule has 0 unspecified atom stereocenters. The molecule has 0 radical (unpaired) electrons. The van der Waals surface area contributed by atoms with E-state index in [9.17, 15) is 22.8 Å². The van der Waals surface area contributed by atoms with Crippen molar-refractivity contribution in [3.8, 4) is 5.88 Å². The number of amides is 2. The van der Waals surface area contributed by atoms with Crippen LogP contribution in [0.25, 0.3) is 0 Å². The summed E-state index contributed by atoms with van der Waals surface area (Å²) >= 11 is 0. The average molecular weight is 422 g/mol. The van der Waals surface area contributed by atoms with Crippen LogP contribution in [0.5, 0.6) is 5.88 Å². The van der Waals surface area contributed by atoms with Crippen molar-refractivity contribution < 1.29 is 27.5 Å². The van der Waals surface area contributed by atoms with Gasteiger partial charge >= 0.3 is 5.92 Å². The lowest BCUT2D eigenvalue weighted by molar-refractivity contribution is -0.114. The van der Waals surface area contributed by atoms with Gasteiger partial charge in [-0.1, -0.05) is 6.58 Å². The molecule has 160 valence electrons. The fourth-order valence-corrected chi connectivity index (χ4v) is 2.26. The van der Waals surface area contributed by atoms with Gasteiger partial charge in [0.05, 0.1) is 0 Å². The van der Waals surface area contributed by atoms with Crippen LogP contribution in [0.3, 0.4) is 0 Å². The molecule has 2 aromatic rings. The van der Waals surface area contributed by atoms with Crippen LogP contribution in [0.1, 0.15) is 35.5 Å². The molecule has 30 heavy (non-hydrogen) atoms. The van der Waals surface area contributed by atoms with Gasteiger partial charge in [0.25, 0.3) is 11.8 Å². The maximum atomic E-state index is 14.2. The number of aryl methyl sites for hydroxylation is 1. The van der Waals surface area contributed by atoms with Crippen LogP contribution < -0.4 is 15.4 Å². The molecule has 0 aromatic carbocycles. The SMILES string of the molecule is C=C(C)C(F)(F)COc1nc(C)c(CNC(=O)c2ccnc(NC(C)=O)c2)cc1F. The van der Waals surface area contributed by atoms with E-state index in [0.717, 1.165) is 13.0 Å². The van der Waals surface area contributed by atoms with Gasteiger partial charge in [-0.3, -0.25) is 9.59 Å². The molecule has 2 amide bonds. The molecule has 0 aliphatic heterocycles. The summed E-state index contributed by atoms with van der Waals surface area (Å²) in [5.74, 6) is -5.40. The number of hydrogen-bond donors (Lipinski definition) is 2. The Morgan fingerprint density at radius 1 is 1.27 bits per heavy atom. The van der Waals surface area contributed by atoms with Gasteiger partial charge in [-0.25, -0.2) is 14.4 Å². The first-order valence-corrected chi connectivity index (χ1v) is 8.84. The molecule has 2 N–H and O–H groups in total. The summed E-state index contributed by atoms with van der Waals surface area (Å²) in [4.78, 5) is 31.2. The smallest absolute Gasteiger partial charge is 0.302 e. The minimum Gasteiger partial charge on any atom is -0.469 e. The summed E-state index contributed by atoms with van der Waals surface area (Å²) < 4.78 is 46.2. The second-order valence-corrected chi connectivity index (χ2v) is 6.59. The van der Waals surface area contributed by atoms with Crippen molar-refractivity contribution in [2.24, 2.45) is 0 Å². The number of pyridine rings is 2. The summed E-state index contributed by atoms with van der Waals surface area (Å²) in [6.07, 6.45) is 1.36. The Morgan fingerprint density at radius 3 is 2.60 bits per heavy atom. The fraction of sp³-hybridized carbons (Fsp3) is 0.300. The molecular weight excluding hydrogens is 401 g/mol. The van der Waals surface area contributed by atoms with Crippen molar-refractivity contribution in [2.75, 3.05) is 11.9 Å². The van der Waals surface area contributed by atoms with Crippen LogP contribution in [0.4, 0.5) is 19.0 Å². The highest BCUT2D eigenvalue weighted by Crippen LogP contribution is 2.25. The van der Waals surface area contributed by atoms with Crippen molar-refractivity contribution in [2.45, 2.75) is 33.2 Å². The van der Waals surface area contributed by atoms with Gasteiger partial charge in [0, 0.05) is 30.9 Å². The molecule has 0 bridgehead atoms. The first kappa shape index (κ1) is 22.9. The highest BCUT2D eigenvalue weighted by atomic mass is 19.3. The van der Waals surface area contributed by atoms with E-state index >= 15 is 0 Å². The standard InChI is InChI=1S/C20H21F3N4O3/c1-11(2)20(22,23)10-30-19-16(21)7-15(12(3)26-19)9-25-18(29)14-5-6-24-17(8-14)27-13(4)28/h5-8H,1,9-10H2,2-4H3,(H,25,29)(H,24,27,28). The third-order valence-corrected chi connectivity index (χ3v) is 4.02. The highest BCUT2D eigenvalue weighted by Gasteiger charge is 2.31. The number of nitrogens with zero attached hydrogens (tertiary/aromatic N) is 2. The number of carbonyl (C=O) groups excluding carboxylic acids is 2. The second kappa shape index (κ2) is 9.38. The molecule has 0 spiro atoms. The average Bonchev–Trinajstić information content (AvgIpc) is 2.66. The van der Waals surface area contributed by atoms with Gasteiger partial charge in [-0.2, -0.15) is 8.78 Å². The predicted molar refractivity (Wildman–Crippen MR) is 104 cm³/mol. The summed E-state index contributed by atoms with van der Waals surface area (Å²) in [7, 11) is 0. The lowest BCUT2D eigenvalue weighted by atomic mass is 10.2. The van der Waals surface area contributed by atoms with Crippen molar-refractivity contribution in [1.29, 1.82) is 0 Å². The Morgan fingerprint density at radius 2 is 1.97 bits per heavy atom. The molecule has 0 atom stereocenters. The fourth-order valence-electron chi connectivity index (χ4n) is 2.26. The Bertz CT molecular complexity index is 980. The normalized spacial score (nSPS) is 11.0. The van der Waals surface area contributed by atoms with Crippen molar-refractivity contribution >= 4 is 17.6 Å². The Kier molecular flexibility index (Phi) is 7.14. The minimum atomic E-state index is -3.31. The topological polar surface area (TPSA) is 93.2 Å². The molecule has 7 nitrogen and oxygen atoms in total. The van der Waals surface area contributed by atoms with E-state index in [2.05, 4.69) is 27.2 Å². The van der Waals surface area contributed by atoms with Gasteiger partial charge in [-0.05, 0) is 43.2 Å². The van der Waals surface area contributed by atoms with E-state index in [1.165, 1.54) is 32.2 Å². The van der Waals surface area contributed by atoms with E-state index < -0.39 is 35.7 Å². The number of halogens is 3. The number of carbonyl (C=O) groups is 2. The van der Waals surface area contributed by atoms with Crippen LogP contribution in [-0.4, -0.2) is 34.3 Å². The van der Waals surface area contributed by atoms with E-state index in [-0.39, 0.29) is 23.8 Å². The number of hydrogen-bond acceptors (Lipinski definition) is 5. The Labute approximate surface area is 171 Å². The van der Waals surface area contributed by atoms with Gasteiger partial charge < -0.3 is 15.4 Å². The summed E-state index contributed by atoms with van der Waals surface area (Å²) in [5, 5.41) is 5.06. The molecule has 0 saturated carbocycles. The number of nitrogens with one attached hydrogen (secondary N) is 2. The lowest BCUT2D eigenvalue weighted by Gasteiger charge is -2.17. The largest absolute Gasteiger partial charge is 0.469 e. The first-order valence-electron chi connectivity index (χ1n) is 8.84. The summed E-state index contributed by atoms with van der Waals surface area (Å²) in [6, 6.07) is 3.90. The quantitative estimate of drug-likeness (QED) is 0.636. The number of aromatic nitrogens is 2. The van der Waals surface area contributed by atoms with E-state index in [4.69, 9.17) is 4.74 Å². The Hall–Kier alpha value is -3.43. The molecule has 0 fully saturated rings. The van der Waals surface area contributed by atoms with Gasteiger partial charge in [0.1, 0.15) is 5.82 Å². The van der Waals surface area contributed by atoms with Crippen LogP contribution in [0, 0.1) is 12.7 Å². The first-order chi connectivity index (χ1) is 14.0. The van der Waals surface area contributed by atoms with Crippen LogP contribution in [-0.2, 0) is 11.3 Å². The monoisotopic (exact) mass is 422 g/mol. The lowest BCUT2D eigenvalue weighted by Crippen LogP contribution is -2.27. The van der Waals surface area contributed by atoms with E-state index in [1.807, 2.05) is 0 Å². The second-order valence-electron chi connectivity index (χ2n) is 6.59. The molecule has 2 rings (SSSR count). The molecular formula is C20H21F3N4O3. The minimum absolute atomic E-state index is 0.0609. The molecule has 0 saturated heterocycles. The Balaban J connectivity index is 2.05. The van der Waals surface area contributed by atoms with E-state index in [1.54, 1.807) is 0 Å². The maximum absolute atomic E-state index is 14.2. The zero-order valence-corrected chi connectivity index (χ0v) is 16.7. The van der Waals surface area contributed by atoms with Gasteiger partial charge in [0.15, 0.2) is 12.4 Å². The summed E-state index contributed by atoms with van der Waals surface area (Å²) in [6.45, 7) is 6.02. The van der Waals surface area contributed by atoms with Crippen LogP contribution in [0.15, 0.2) is 36.5 Å². The molecule has 0 aliphatic rings. The summed E-state index contributed by atoms with van der Waals surface area (Å²) in [5.41, 5.74) is 0.480. The third kappa shape index (κ3) is 6.03. The third-order valence-electron chi connectivity index (χ3n) is 4.02. The van der Waals surface area contributed by atoms with Gasteiger partial charge in [0.2, 0.25) is 5.91 Å². The van der Waals surface area contributed by atoms with Gasteiger partial charge in [-0.15, -0.1) is 0 Å². The van der Waals surface area contributed by atoms with Crippen LogP contribution in [0.2, 0.25) is 0 Å². The predicted octanol–water partition coefficient (Wildman–Crippen LogP) is 3.40. The van der Waals surface area contributed by atoms with E-state index in [0.29, 0.717) is 11.3 Å². The van der Waals surface area contributed by atoms with Crippen LogP contribution >= 0.6 is 0 Å². The number of ether oxygens (including phenoxy) is 1.